The Morgan fingerprint density at radius 3 is 2.71 bits per heavy atom. The van der Waals surface area contributed by atoms with Crippen molar-refractivity contribution in [3.05, 3.63) is 29.8 Å². The molecule has 1 atom stereocenters. The minimum atomic E-state index is -0.283. The standard InChI is InChI=1S/C13H22FN3/c1-4-15-13(8-9-17(3)5-2)12-7-6-11(14)10-16-12/h6-7,10,13,15H,4-5,8-9H2,1-3H3. The Morgan fingerprint density at radius 1 is 1.41 bits per heavy atom. The zero-order chi connectivity index (χ0) is 12.7. The maximum absolute atomic E-state index is 12.8. The van der Waals surface area contributed by atoms with E-state index < -0.39 is 0 Å². The second-order valence-electron chi connectivity index (χ2n) is 4.20. The molecule has 0 fully saturated rings. The Kier molecular flexibility index (Phi) is 6.08. The third kappa shape index (κ3) is 4.79. The molecule has 0 bridgehead atoms. The van der Waals surface area contributed by atoms with Crippen molar-refractivity contribution in [3.63, 3.8) is 0 Å². The third-order valence-corrected chi connectivity index (χ3v) is 2.90. The highest BCUT2D eigenvalue weighted by Gasteiger charge is 2.12. The Hall–Kier alpha value is -1.00. The first kappa shape index (κ1) is 14.1. The number of hydrogen-bond acceptors (Lipinski definition) is 3. The molecule has 0 amide bonds. The fraction of sp³-hybridized carbons (Fsp3) is 0.615. The molecule has 1 aromatic heterocycles. The van der Waals surface area contributed by atoms with Crippen LogP contribution < -0.4 is 5.32 Å². The van der Waals surface area contributed by atoms with Crippen LogP contribution >= 0.6 is 0 Å². The maximum Gasteiger partial charge on any atom is 0.141 e. The molecule has 4 heteroatoms. The average molecular weight is 239 g/mol. The minimum Gasteiger partial charge on any atom is -0.309 e. The van der Waals surface area contributed by atoms with E-state index in [0.29, 0.717) is 0 Å². The van der Waals surface area contributed by atoms with Crippen LogP contribution in [0.3, 0.4) is 0 Å². The largest absolute Gasteiger partial charge is 0.309 e. The Labute approximate surface area is 103 Å². The number of rotatable bonds is 7. The van der Waals surface area contributed by atoms with Gasteiger partial charge in [0.2, 0.25) is 0 Å². The van der Waals surface area contributed by atoms with Gasteiger partial charge in [0.05, 0.1) is 17.9 Å². The summed E-state index contributed by atoms with van der Waals surface area (Å²) in [7, 11) is 2.10. The van der Waals surface area contributed by atoms with Gasteiger partial charge in [0.1, 0.15) is 5.82 Å². The van der Waals surface area contributed by atoms with Gasteiger partial charge >= 0.3 is 0 Å². The molecule has 1 unspecified atom stereocenters. The molecule has 1 N–H and O–H groups in total. The Bertz CT molecular complexity index is 313. The molecule has 1 heterocycles. The molecule has 17 heavy (non-hydrogen) atoms. The topological polar surface area (TPSA) is 28.2 Å². The zero-order valence-corrected chi connectivity index (χ0v) is 10.9. The molecule has 0 aliphatic carbocycles. The zero-order valence-electron chi connectivity index (χ0n) is 10.9. The predicted molar refractivity (Wildman–Crippen MR) is 68.4 cm³/mol. The SMILES string of the molecule is CCNC(CCN(C)CC)c1ccc(F)cn1. The summed E-state index contributed by atoms with van der Waals surface area (Å²) in [5.41, 5.74) is 0.915. The first-order valence-electron chi connectivity index (χ1n) is 6.20. The monoisotopic (exact) mass is 239 g/mol. The van der Waals surface area contributed by atoms with Crippen molar-refractivity contribution in [2.45, 2.75) is 26.3 Å². The first-order chi connectivity index (χ1) is 8.17. The van der Waals surface area contributed by atoms with Gasteiger partial charge in [0, 0.05) is 0 Å². The molecule has 0 saturated carbocycles. The first-order valence-corrected chi connectivity index (χ1v) is 6.20. The number of nitrogens with zero attached hydrogens (tertiary/aromatic N) is 2. The second-order valence-corrected chi connectivity index (χ2v) is 4.20. The van der Waals surface area contributed by atoms with E-state index >= 15 is 0 Å². The number of pyridine rings is 1. The maximum atomic E-state index is 12.8. The van der Waals surface area contributed by atoms with Crippen LogP contribution in [0.1, 0.15) is 32.0 Å². The summed E-state index contributed by atoms with van der Waals surface area (Å²) in [5, 5.41) is 3.39. The number of aromatic nitrogens is 1. The lowest BCUT2D eigenvalue weighted by molar-refractivity contribution is 0.321. The molecule has 0 saturated heterocycles. The quantitative estimate of drug-likeness (QED) is 0.790. The molecule has 0 aliphatic rings. The average Bonchev–Trinajstić information content (AvgIpc) is 2.35. The summed E-state index contributed by atoms with van der Waals surface area (Å²) < 4.78 is 12.8. The number of hydrogen-bond donors (Lipinski definition) is 1. The van der Waals surface area contributed by atoms with Gasteiger partial charge in [-0.2, -0.15) is 0 Å². The smallest absolute Gasteiger partial charge is 0.141 e. The van der Waals surface area contributed by atoms with Crippen molar-refractivity contribution >= 4 is 0 Å². The van der Waals surface area contributed by atoms with E-state index in [4.69, 9.17) is 0 Å². The molecule has 96 valence electrons. The van der Waals surface area contributed by atoms with E-state index in [0.717, 1.165) is 31.7 Å². The van der Waals surface area contributed by atoms with Crippen LogP contribution in [0.2, 0.25) is 0 Å². The van der Waals surface area contributed by atoms with Crippen molar-refractivity contribution in [1.82, 2.24) is 15.2 Å². The van der Waals surface area contributed by atoms with Crippen LogP contribution in [0, 0.1) is 5.82 Å². The molecule has 1 rings (SSSR count). The molecule has 0 spiro atoms. The van der Waals surface area contributed by atoms with Crippen molar-refractivity contribution in [2.24, 2.45) is 0 Å². The van der Waals surface area contributed by atoms with Gasteiger partial charge in [-0.15, -0.1) is 0 Å². The predicted octanol–water partition coefficient (Wildman–Crippen LogP) is 2.21. The van der Waals surface area contributed by atoms with E-state index in [2.05, 4.69) is 36.1 Å². The number of nitrogens with one attached hydrogen (secondary N) is 1. The van der Waals surface area contributed by atoms with E-state index in [1.165, 1.54) is 12.3 Å². The fourth-order valence-corrected chi connectivity index (χ4v) is 1.70. The molecular weight excluding hydrogens is 217 g/mol. The summed E-state index contributed by atoms with van der Waals surface area (Å²) in [6, 6.07) is 3.43. The summed E-state index contributed by atoms with van der Waals surface area (Å²) >= 11 is 0. The molecule has 0 aromatic carbocycles. The van der Waals surface area contributed by atoms with E-state index in [9.17, 15) is 4.39 Å². The highest BCUT2D eigenvalue weighted by Crippen LogP contribution is 2.14. The van der Waals surface area contributed by atoms with Gasteiger partial charge in [-0.1, -0.05) is 13.8 Å². The molecule has 0 radical (unpaired) electrons. The van der Waals surface area contributed by atoms with Gasteiger partial charge in [-0.05, 0) is 45.2 Å². The highest BCUT2D eigenvalue weighted by atomic mass is 19.1. The Morgan fingerprint density at radius 2 is 2.18 bits per heavy atom. The van der Waals surface area contributed by atoms with Crippen molar-refractivity contribution in [1.29, 1.82) is 0 Å². The lowest BCUT2D eigenvalue weighted by atomic mass is 10.1. The lowest BCUT2D eigenvalue weighted by Gasteiger charge is -2.21. The normalized spacial score (nSPS) is 13.0. The lowest BCUT2D eigenvalue weighted by Crippen LogP contribution is -2.27. The van der Waals surface area contributed by atoms with Crippen molar-refractivity contribution in [2.75, 3.05) is 26.7 Å². The van der Waals surface area contributed by atoms with Crippen LogP contribution in [-0.2, 0) is 0 Å². The van der Waals surface area contributed by atoms with E-state index in [-0.39, 0.29) is 11.9 Å². The highest BCUT2D eigenvalue weighted by molar-refractivity contribution is 5.09. The van der Waals surface area contributed by atoms with E-state index in [1.807, 2.05) is 0 Å². The molecule has 3 nitrogen and oxygen atoms in total. The van der Waals surface area contributed by atoms with E-state index in [1.54, 1.807) is 6.07 Å². The minimum absolute atomic E-state index is 0.203. The second kappa shape index (κ2) is 7.35. The van der Waals surface area contributed by atoms with Crippen molar-refractivity contribution < 1.29 is 4.39 Å². The van der Waals surface area contributed by atoms with Gasteiger partial charge in [0.15, 0.2) is 0 Å². The summed E-state index contributed by atoms with van der Waals surface area (Å²) in [5.74, 6) is -0.283. The molecule has 1 aromatic rings. The molecular formula is C13H22FN3. The van der Waals surface area contributed by atoms with Gasteiger partial charge in [-0.3, -0.25) is 4.98 Å². The summed E-state index contributed by atoms with van der Waals surface area (Å²) in [6.07, 6.45) is 2.26. The number of halogens is 1. The Balaban J connectivity index is 2.61. The van der Waals surface area contributed by atoms with Crippen LogP contribution in [-0.4, -0.2) is 36.6 Å². The van der Waals surface area contributed by atoms with Crippen LogP contribution in [0.4, 0.5) is 4.39 Å². The van der Waals surface area contributed by atoms with Crippen LogP contribution in [0.15, 0.2) is 18.3 Å². The third-order valence-electron chi connectivity index (χ3n) is 2.90. The van der Waals surface area contributed by atoms with Crippen LogP contribution in [0.5, 0.6) is 0 Å². The molecule has 0 aliphatic heterocycles. The summed E-state index contributed by atoms with van der Waals surface area (Å²) in [6.45, 7) is 7.14. The fourth-order valence-electron chi connectivity index (χ4n) is 1.70. The van der Waals surface area contributed by atoms with Gasteiger partial charge in [-0.25, -0.2) is 4.39 Å². The van der Waals surface area contributed by atoms with Gasteiger partial charge in [0.25, 0.3) is 0 Å². The summed E-state index contributed by atoms with van der Waals surface area (Å²) in [4.78, 5) is 6.40. The van der Waals surface area contributed by atoms with Gasteiger partial charge < -0.3 is 10.2 Å². The van der Waals surface area contributed by atoms with Crippen molar-refractivity contribution in [3.8, 4) is 0 Å². The van der Waals surface area contributed by atoms with Crippen LogP contribution in [0.25, 0.3) is 0 Å².